The van der Waals surface area contributed by atoms with Crippen LogP contribution in [-0.2, 0) is 0 Å². The number of fused-ring (bicyclic) bond motifs is 15. The summed E-state index contributed by atoms with van der Waals surface area (Å²) >= 11 is 3.70. The summed E-state index contributed by atoms with van der Waals surface area (Å²) in [6, 6.07) is 180. The molecule has 27 rings (SSSR count). The SMILES string of the molecule is c1ccc(-c2ccc(-c3cccc(-c4c5ccccc5c(-c5ccc6ccccc6c5)c5ccccc45)c3)s2)cc1.c1ccc(-c2ccc(-c3cccc(-c4c5ccccc5c(-c5cccc6ccccc56)c5ccccc45)c3)s2)cc1.c1ccc2cc(-c3ccc(-c4c5ccccc5c(-c5ccc6c7ccccc7n7c8ccccc8c5c67)c5ccccc45)cc3)ccc2c1. The Morgan fingerprint density at radius 1 is 0.137 bits per heavy atom. The topological polar surface area (TPSA) is 4.41 Å². The number of thiophene rings is 2. The maximum atomic E-state index is 2.48. The molecule has 0 aliphatic carbocycles. The van der Waals surface area contributed by atoms with Crippen molar-refractivity contribution in [3.8, 4) is 120 Å². The Morgan fingerprint density at radius 2 is 0.435 bits per heavy atom. The van der Waals surface area contributed by atoms with Crippen LogP contribution >= 0.6 is 22.7 Å². The fourth-order valence-corrected chi connectivity index (χ4v) is 23.0. The van der Waals surface area contributed by atoms with E-state index in [4.69, 9.17) is 0 Å². The third kappa shape index (κ3) is 13.3. The second-order valence-electron chi connectivity index (χ2n) is 34.2. The molecule has 0 amide bonds. The maximum Gasteiger partial charge on any atom is 0.0626 e. The second kappa shape index (κ2) is 32.5. The minimum absolute atomic E-state index is 1.23. The lowest BCUT2D eigenvalue weighted by atomic mass is 9.84. The van der Waals surface area contributed by atoms with Gasteiger partial charge in [0.15, 0.2) is 0 Å². The minimum Gasteiger partial charge on any atom is -0.308 e. The van der Waals surface area contributed by atoms with Crippen molar-refractivity contribution in [2.75, 3.05) is 0 Å². The highest BCUT2D eigenvalue weighted by Crippen LogP contribution is 2.53. The van der Waals surface area contributed by atoms with Crippen molar-refractivity contribution in [1.82, 2.24) is 4.40 Å². The van der Waals surface area contributed by atoms with Crippen LogP contribution in [-0.4, -0.2) is 4.40 Å². The third-order valence-corrected chi connectivity index (χ3v) is 29.2. The molecule has 0 atom stereocenters. The molecule has 0 radical (unpaired) electrons. The lowest BCUT2D eigenvalue weighted by Crippen LogP contribution is -1.91. The van der Waals surface area contributed by atoms with Gasteiger partial charge in [0.1, 0.15) is 0 Å². The molecule has 27 aromatic rings. The Morgan fingerprint density at radius 3 is 0.901 bits per heavy atom. The van der Waals surface area contributed by atoms with Crippen LogP contribution in [0.25, 0.3) is 255 Å². The lowest BCUT2D eigenvalue weighted by molar-refractivity contribution is 1.37. The summed E-state index contributed by atoms with van der Waals surface area (Å²) in [4.78, 5) is 5.15. The number of para-hydroxylation sites is 2. The number of rotatable bonds is 11. The smallest absolute Gasteiger partial charge is 0.0626 e. The molecule has 131 heavy (non-hydrogen) atoms. The molecule has 23 aromatic carbocycles. The Balaban J connectivity index is 0.000000106. The number of benzene rings is 23. The van der Waals surface area contributed by atoms with E-state index in [2.05, 4.69) is 496 Å². The van der Waals surface area contributed by atoms with Gasteiger partial charge in [-0.3, -0.25) is 0 Å². The first kappa shape index (κ1) is 77.0. The lowest BCUT2D eigenvalue weighted by Gasteiger charge is -2.19. The highest BCUT2D eigenvalue weighted by molar-refractivity contribution is 7.19. The fourth-order valence-electron chi connectivity index (χ4n) is 21.0. The zero-order valence-corrected chi connectivity index (χ0v) is 73.2. The molecule has 4 heterocycles. The van der Waals surface area contributed by atoms with Gasteiger partial charge in [0.25, 0.3) is 0 Å². The first-order chi connectivity index (χ1) is 65.0. The van der Waals surface area contributed by atoms with Crippen molar-refractivity contribution in [2.45, 2.75) is 0 Å². The number of hydrogen-bond acceptors (Lipinski definition) is 2. The van der Waals surface area contributed by atoms with Gasteiger partial charge in [-0.2, -0.15) is 0 Å². The van der Waals surface area contributed by atoms with Gasteiger partial charge in [-0.15, -0.1) is 22.7 Å². The molecule has 0 aliphatic rings. The summed E-state index contributed by atoms with van der Waals surface area (Å²) in [5, 5.41) is 28.2. The molecule has 1 nitrogen and oxygen atoms in total. The predicted molar refractivity (Wildman–Crippen MR) is 567 cm³/mol. The van der Waals surface area contributed by atoms with E-state index < -0.39 is 0 Å². The molecule has 0 saturated carbocycles. The van der Waals surface area contributed by atoms with E-state index in [0.29, 0.717) is 0 Å². The molecule has 0 aliphatic heterocycles. The van der Waals surface area contributed by atoms with E-state index in [0.717, 1.165) is 0 Å². The van der Waals surface area contributed by atoms with Gasteiger partial charge in [-0.05, 0) is 258 Å². The van der Waals surface area contributed by atoms with E-state index in [-0.39, 0.29) is 0 Å². The Hall–Kier alpha value is -16.4. The Labute approximate surface area is 767 Å². The van der Waals surface area contributed by atoms with Gasteiger partial charge >= 0.3 is 0 Å². The van der Waals surface area contributed by atoms with Gasteiger partial charge in [0.05, 0.1) is 16.6 Å². The van der Waals surface area contributed by atoms with E-state index >= 15 is 0 Å². The highest BCUT2D eigenvalue weighted by Gasteiger charge is 2.26. The van der Waals surface area contributed by atoms with Crippen LogP contribution in [0.15, 0.2) is 491 Å². The minimum atomic E-state index is 1.23. The average Bonchev–Trinajstić information content (AvgIpc) is 1.47. The van der Waals surface area contributed by atoms with Gasteiger partial charge < -0.3 is 4.40 Å². The summed E-state index contributed by atoms with van der Waals surface area (Å²) < 4.78 is 2.48. The zero-order valence-electron chi connectivity index (χ0n) is 71.5. The second-order valence-corrected chi connectivity index (χ2v) is 36.4. The zero-order chi connectivity index (χ0) is 86.4. The normalized spacial score (nSPS) is 11.7. The van der Waals surface area contributed by atoms with Crippen molar-refractivity contribution >= 4 is 158 Å². The molecule has 610 valence electrons. The van der Waals surface area contributed by atoms with Crippen LogP contribution in [0.1, 0.15) is 0 Å². The van der Waals surface area contributed by atoms with Crippen LogP contribution in [0.5, 0.6) is 0 Å². The van der Waals surface area contributed by atoms with Gasteiger partial charge in [-0.1, -0.05) is 431 Å². The molecule has 0 unspecified atom stereocenters. The Kier molecular flexibility index (Phi) is 19.1. The summed E-state index contributed by atoms with van der Waals surface area (Å²) in [6.07, 6.45) is 0. The number of nitrogens with zero attached hydrogens (tertiary/aromatic N) is 1. The largest absolute Gasteiger partial charge is 0.308 e. The fraction of sp³-hybridized carbons (Fsp3) is 0. The molecule has 0 fully saturated rings. The number of hydrogen-bond donors (Lipinski definition) is 0. The van der Waals surface area contributed by atoms with E-state index in [9.17, 15) is 0 Å². The summed E-state index contributed by atoms with van der Waals surface area (Å²) in [5.41, 5.74) is 26.6. The van der Waals surface area contributed by atoms with E-state index in [1.165, 1.54) is 255 Å². The van der Waals surface area contributed by atoms with Crippen molar-refractivity contribution < 1.29 is 0 Å². The third-order valence-electron chi connectivity index (χ3n) is 26.9. The molecule has 3 heteroatoms. The van der Waals surface area contributed by atoms with Crippen LogP contribution < -0.4 is 0 Å². The summed E-state index contributed by atoms with van der Waals surface area (Å²) in [5.74, 6) is 0. The first-order valence-corrected chi connectivity index (χ1v) is 46.7. The summed E-state index contributed by atoms with van der Waals surface area (Å²) in [7, 11) is 0. The molecule has 0 saturated heterocycles. The van der Waals surface area contributed by atoms with Gasteiger partial charge in [-0.25, -0.2) is 0 Å². The predicted octanol–water partition coefficient (Wildman–Crippen LogP) is 37.0. The average molecular weight is 1700 g/mol. The molecular formula is C128H81NS2. The molecule has 4 aromatic heterocycles. The standard InChI is InChI=1S/C48H29N.2C40H26S/c1-2-12-33-29-34(26-23-30(33)11-1)31-21-24-32(25-22-31)45-36-14-3-5-16-38(36)46(39-17-6-4-15-37(39)45)42-28-27-40-35-13-7-9-19-43(35)49-44-20-10-8-18-41(44)47(42)48(40)49;1-2-13-28(14-3-1)37-24-25-38(41-37)29-16-10-17-30(26-29)39-33-19-6-8-21-35(33)40(36-22-9-7-20-34(36)39)32-23-11-15-27-12-4-5-18-31(27)32;1-2-12-28(13-3-1)37-23-24-38(41-37)30-15-10-16-31(26-30)39-33-17-6-8-19-35(33)40(36-20-9-7-18-34(36)39)32-22-21-27-11-4-5-14-29(27)25-32/h1-29H;2*1-26H. The molecular weight excluding hydrogens is 1620 g/mol. The van der Waals surface area contributed by atoms with Crippen molar-refractivity contribution in [1.29, 1.82) is 0 Å². The highest BCUT2D eigenvalue weighted by atomic mass is 32.1. The monoisotopic (exact) mass is 1700 g/mol. The first-order valence-electron chi connectivity index (χ1n) is 45.1. The molecule has 0 spiro atoms. The van der Waals surface area contributed by atoms with Crippen LogP contribution in [0.4, 0.5) is 0 Å². The Bertz CT molecular complexity index is 8980. The maximum absolute atomic E-state index is 2.48. The van der Waals surface area contributed by atoms with Crippen molar-refractivity contribution in [3.63, 3.8) is 0 Å². The summed E-state index contributed by atoms with van der Waals surface area (Å²) in [6.45, 7) is 0. The van der Waals surface area contributed by atoms with E-state index in [1.807, 2.05) is 22.7 Å². The van der Waals surface area contributed by atoms with Crippen LogP contribution in [0.2, 0.25) is 0 Å². The van der Waals surface area contributed by atoms with Crippen LogP contribution in [0, 0.1) is 0 Å². The number of aromatic nitrogens is 1. The van der Waals surface area contributed by atoms with Crippen LogP contribution in [0.3, 0.4) is 0 Å². The van der Waals surface area contributed by atoms with E-state index in [1.54, 1.807) is 0 Å². The van der Waals surface area contributed by atoms with Crippen molar-refractivity contribution in [3.05, 3.63) is 491 Å². The molecule has 0 N–H and O–H groups in total. The van der Waals surface area contributed by atoms with Gasteiger partial charge in [0, 0.05) is 41.1 Å². The quantitative estimate of drug-likeness (QED) is 0.114. The van der Waals surface area contributed by atoms with Crippen molar-refractivity contribution in [2.24, 2.45) is 0 Å². The van der Waals surface area contributed by atoms with Gasteiger partial charge in [0.2, 0.25) is 0 Å². The molecule has 0 bridgehead atoms.